The summed E-state index contributed by atoms with van der Waals surface area (Å²) in [6, 6.07) is 13.2. The first-order valence-corrected chi connectivity index (χ1v) is 9.16. The highest BCUT2D eigenvalue weighted by Crippen LogP contribution is 2.35. The van der Waals surface area contributed by atoms with Crippen LogP contribution in [0.3, 0.4) is 0 Å². The van der Waals surface area contributed by atoms with E-state index in [2.05, 4.69) is 20.3 Å². The van der Waals surface area contributed by atoms with E-state index in [0.29, 0.717) is 5.69 Å². The molecular formula is C20H18N8O2. The number of fused-ring (bicyclic) bond motifs is 1. The lowest BCUT2D eigenvalue weighted by atomic mass is 10.1. The molecule has 0 amide bonds. The van der Waals surface area contributed by atoms with E-state index in [-0.39, 0.29) is 43.3 Å². The van der Waals surface area contributed by atoms with Crippen LogP contribution in [0.4, 0.5) is 23.0 Å². The van der Waals surface area contributed by atoms with E-state index in [1.807, 2.05) is 37.3 Å². The fraction of sp³-hybridized carbons (Fsp3) is 0.250. The minimum atomic E-state index is -0.559. The molecule has 10 nitrogen and oxygen atoms in total. The van der Waals surface area contributed by atoms with E-state index in [1.54, 1.807) is 17.0 Å². The highest BCUT2D eigenvalue weighted by Gasteiger charge is 2.27. The number of pyridine rings is 1. The molecule has 0 aliphatic rings. The van der Waals surface area contributed by atoms with Crippen molar-refractivity contribution in [3.63, 3.8) is 0 Å². The van der Waals surface area contributed by atoms with Crippen molar-refractivity contribution in [2.75, 3.05) is 23.3 Å². The summed E-state index contributed by atoms with van der Waals surface area (Å²) in [7, 11) is 0. The van der Waals surface area contributed by atoms with Gasteiger partial charge in [0.1, 0.15) is 6.33 Å². The van der Waals surface area contributed by atoms with Crippen LogP contribution in [0, 0.1) is 39.7 Å². The van der Waals surface area contributed by atoms with E-state index in [0.717, 1.165) is 16.6 Å². The van der Waals surface area contributed by atoms with Gasteiger partial charge in [0, 0.05) is 29.9 Å². The van der Waals surface area contributed by atoms with Crippen molar-refractivity contribution in [2.24, 2.45) is 0 Å². The fourth-order valence-electron chi connectivity index (χ4n) is 3.05. The number of nitrogens with zero attached hydrogens (tertiary/aromatic N) is 7. The molecule has 0 spiro atoms. The predicted molar refractivity (Wildman–Crippen MR) is 111 cm³/mol. The third-order valence-corrected chi connectivity index (χ3v) is 4.40. The predicted octanol–water partition coefficient (Wildman–Crippen LogP) is 3.62. The first kappa shape index (κ1) is 20.4. The molecule has 0 saturated carbocycles. The van der Waals surface area contributed by atoms with Crippen LogP contribution in [0.25, 0.3) is 10.9 Å². The molecular weight excluding hydrogens is 384 g/mol. The molecule has 3 aromatic rings. The van der Waals surface area contributed by atoms with Crippen molar-refractivity contribution in [3.05, 3.63) is 52.5 Å². The molecule has 2 heterocycles. The van der Waals surface area contributed by atoms with Crippen LogP contribution in [-0.2, 0) is 0 Å². The maximum Gasteiger partial charge on any atom is 0.353 e. The molecule has 10 heteroatoms. The molecule has 3 rings (SSSR count). The van der Waals surface area contributed by atoms with Gasteiger partial charge >= 0.3 is 5.69 Å². The first-order chi connectivity index (χ1) is 14.5. The number of hydrogen-bond donors (Lipinski definition) is 1. The lowest BCUT2D eigenvalue weighted by Crippen LogP contribution is -2.27. The second kappa shape index (κ2) is 9.26. The maximum absolute atomic E-state index is 11.9. The number of anilines is 3. The third-order valence-electron chi connectivity index (χ3n) is 4.40. The Morgan fingerprint density at radius 1 is 1.13 bits per heavy atom. The number of nitro groups is 1. The van der Waals surface area contributed by atoms with Gasteiger partial charge in [0.2, 0.25) is 11.6 Å². The summed E-state index contributed by atoms with van der Waals surface area (Å²) in [5.41, 5.74) is 1.92. The Morgan fingerprint density at radius 3 is 2.53 bits per heavy atom. The molecule has 0 saturated heterocycles. The molecule has 0 radical (unpaired) electrons. The summed E-state index contributed by atoms with van der Waals surface area (Å²) in [5, 5.41) is 33.6. The minimum Gasteiger partial charge on any atom is -0.349 e. The van der Waals surface area contributed by atoms with Crippen molar-refractivity contribution >= 4 is 33.9 Å². The zero-order chi connectivity index (χ0) is 21.5. The number of aromatic nitrogens is 3. The van der Waals surface area contributed by atoms with Gasteiger partial charge in [-0.15, -0.1) is 0 Å². The highest BCUT2D eigenvalue weighted by molar-refractivity contribution is 5.94. The quantitative estimate of drug-likeness (QED) is 0.441. The van der Waals surface area contributed by atoms with Crippen molar-refractivity contribution in [3.8, 4) is 12.1 Å². The van der Waals surface area contributed by atoms with Crippen molar-refractivity contribution in [2.45, 2.75) is 19.8 Å². The SMILES string of the molecule is Cc1ccc2c(Nc3ncnc(N(CCC#N)CCC#N)c3[N+](=O)[O-])cccc2n1. The molecule has 2 aromatic heterocycles. The van der Waals surface area contributed by atoms with Crippen molar-refractivity contribution in [1.29, 1.82) is 10.5 Å². The molecule has 150 valence electrons. The molecule has 0 bridgehead atoms. The van der Waals surface area contributed by atoms with E-state index in [1.165, 1.54) is 6.33 Å². The lowest BCUT2D eigenvalue weighted by molar-refractivity contribution is -0.383. The standard InChI is InChI=1S/C20H18N8O2/c1-14-7-8-15-16(25-14)5-2-6-17(15)26-19-18(28(29)30)20(24-13-23-19)27(11-3-9-21)12-4-10-22/h2,5-8,13H,3-4,11-12H2,1H3,(H,23,24,26). The van der Waals surface area contributed by atoms with Crippen LogP contribution in [0.1, 0.15) is 18.5 Å². The van der Waals surface area contributed by atoms with E-state index < -0.39 is 4.92 Å². The summed E-state index contributed by atoms with van der Waals surface area (Å²) in [5.74, 6) is 0.0918. The van der Waals surface area contributed by atoms with E-state index >= 15 is 0 Å². The number of hydrogen-bond acceptors (Lipinski definition) is 9. The van der Waals surface area contributed by atoms with E-state index in [9.17, 15) is 10.1 Å². The fourth-order valence-corrected chi connectivity index (χ4v) is 3.05. The van der Waals surface area contributed by atoms with Crippen LogP contribution >= 0.6 is 0 Å². The van der Waals surface area contributed by atoms with Crippen LogP contribution < -0.4 is 10.2 Å². The monoisotopic (exact) mass is 402 g/mol. The molecule has 30 heavy (non-hydrogen) atoms. The Bertz CT molecular complexity index is 1150. The Labute approximate surface area is 172 Å². The van der Waals surface area contributed by atoms with Gasteiger partial charge in [0.05, 0.1) is 35.4 Å². The number of aryl methyl sites for hydroxylation is 1. The van der Waals surface area contributed by atoms with Crippen LogP contribution in [0.2, 0.25) is 0 Å². The molecule has 1 N–H and O–H groups in total. The normalized spacial score (nSPS) is 10.2. The second-order valence-corrected chi connectivity index (χ2v) is 6.40. The number of nitriles is 2. The van der Waals surface area contributed by atoms with Crippen LogP contribution in [0.15, 0.2) is 36.7 Å². The van der Waals surface area contributed by atoms with E-state index in [4.69, 9.17) is 10.5 Å². The van der Waals surface area contributed by atoms with Gasteiger partial charge in [0.25, 0.3) is 0 Å². The molecule has 0 atom stereocenters. The zero-order valence-corrected chi connectivity index (χ0v) is 16.2. The summed E-state index contributed by atoms with van der Waals surface area (Å²) in [6.45, 7) is 2.32. The van der Waals surface area contributed by atoms with Crippen LogP contribution in [-0.4, -0.2) is 33.0 Å². The average molecular weight is 402 g/mol. The van der Waals surface area contributed by atoms with Gasteiger partial charge in [-0.3, -0.25) is 15.1 Å². The van der Waals surface area contributed by atoms with Gasteiger partial charge in [-0.05, 0) is 31.2 Å². The Balaban J connectivity index is 2.06. The molecule has 0 aliphatic heterocycles. The topological polar surface area (TPSA) is 145 Å². The summed E-state index contributed by atoms with van der Waals surface area (Å²) >= 11 is 0. The van der Waals surface area contributed by atoms with Crippen molar-refractivity contribution < 1.29 is 4.92 Å². The summed E-state index contributed by atoms with van der Waals surface area (Å²) in [6.07, 6.45) is 1.51. The highest BCUT2D eigenvalue weighted by atomic mass is 16.6. The first-order valence-electron chi connectivity index (χ1n) is 9.16. The van der Waals surface area contributed by atoms with Gasteiger partial charge in [-0.1, -0.05) is 6.07 Å². The Kier molecular flexibility index (Phi) is 6.30. The lowest BCUT2D eigenvalue weighted by Gasteiger charge is -2.21. The minimum absolute atomic E-state index is 0.0250. The maximum atomic E-state index is 11.9. The van der Waals surface area contributed by atoms with Crippen LogP contribution in [0.5, 0.6) is 0 Å². The number of benzene rings is 1. The number of rotatable bonds is 8. The largest absolute Gasteiger partial charge is 0.353 e. The molecule has 0 unspecified atom stereocenters. The van der Waals surface area contributed by atoms with Gasteiger partial charge in [-0.25, -0.2) is 9.97 Å². The van der Waals surface area contributed by atoms with Gasteiger partial charge < -0.3 is 10.2 Å². The van der Waals surface area contributed by atoms with Gasteiger partial charge in [0.15, 0.2) is 0 Å². The average Bonchev–Trinajstić information content (AvgIpc) is 2.73. The molecule has 0 fully saturated rings. The summed E-state index contributed by atoms with van der Waals surface area (Å²) in [4.78, 5) is 25.6. The molecule has 0 aliphatic carbocycles. The third kappa shape index (κ3) is 4.39. The zero-order valence-electron chi connectivity index (χ0n) is 16.2. The summed E-state index contributed by atoms with van der Waals surface area (Å²) < 4.78 is 0. The Hall–Kier alpha value is -4.31. The molecule has 1 aromatic carbocycles. The second-order valence-electron chi connectivity index (χ2n) is 6.40. The van der Waals surface area contributed by atoms with Gasteiger partial charge in [-0.2, -0.15) is 10.5 Å². The Morgan fingerprint density at radius 2 is 1.87 bits per heavy atom. The van der Waals surface area contributed by atoms with Crippen molar-refractivity contribution in [1.82, 2.24) is 15.0 Å². The number of nitrogens with one attached hydrogen (secondary N) is 1. The smallest absolute Gasteiger partial charge is 0.349 e.